The highest BCUT2D eigenvalue weighted by atomic mass is 16.5. The van der Waals surface area contributed by atoms with E-state index >= 15 is 0 Å². The molecule has 0 radical (unpaired) electrons. The number of hydrogen-bond acceptors (Lipinski definition) is 3. The van der Waals surface area contributed by atoms with Crippen molar-refractivity contribution in [3.8, 4) is 5.75 Å². The molecule has 0 saturated carbocycles. The Morgan fingerprint density at radius 3 is 2.92 bits per heavy atom. The zero-order chi connectivity index (χ0) is 14.1. The summed E-state index contributed by atoms with van der Waals surface area (Å²) in [5.41, 5.74) is -0.577. The molecule has 0 spiro atoms. The monoisotopic (exact) mass is 172 g/mol. The Bertz CT molecular complexity index is 428. The number of methoxy groups -OCH3 is 1. The highest BCUT2D eigenvalue weighted by molar-refractivity contribution is 6.59. The molecule has 0 fully saturated rings. The minimum absolute atomic E-state index is 0.161. The first-order chi connectivity index (χ1) is 8.00. The number of ether oxygens (including phenoxy) is 1. The minimum atomic E-state index is -2.70. The van der Waals surface area contributed by atoms with E-state index in [2.05, 4.69) is 4.74 Å². The summed E-state index contributed by atoms with van der Waals surface area (Å²) in [5.74, 6) is -0.161. The second kappa shape index (κ2) is 3.60. The van der Waals surface area contributed by atoms with Crippen LogP contribution in [0.1, 0.15) is 13.8 Å². The fourth-order valence-corrected chi connectivity index (χ4v) is 0.818. The standard InChI is InChI=1S/C8H11BO3/c1-6-3-4-7(12-2)5-8(6)9(10)11/h3-5,10-11H,1-2H3/i1D3,2D3. The van der Waals surface area contributed by atoms with Crippen molar-refractivity contribution in [3.05, 3.63) is 23.8 Å². The van der Waals surface area contributed by atoms with E-state index in [1.165, 1.54) is 0 Å². The van der Waals surface area contributed by atoms with Crippen molar-refractivity contribution in [2.45, 2.75) is 6.85 Å². The summed E-state index contributed by atoms with van der Waals surface area (Å²) < 4.78 is 46.9. The maximum atomic E-state index is 9.10. The topological polar surface area (TPSA) is 49.7 Å². The molecule has 64 valence electrons. The van der Waals surface area contributed by atoms with E-state index in [4.69, 9.17) is 18.3 Å². The van der Waals surface area contributed by atoms with Gasteiger partial charge < -0.3 is 14.8 Å². The van der Waals surface area contributed by atoms with Gasteiger partial charge in [0, 0.05) is 4.11 Å². The SMILES string of the molecule is [2H]C([2H])([2H])Oc1ccc(C([2H])([2H])[2H])c(B(O)O)c1. The highest BCUT2D eigenvalue weighted by Crippen LogP contribution is 2.08. The van der Waals surface area contributed by atoms with Gasteiger partial charge in [0.2, 0.25) is 0 Å². The predicted octanol–water partition coefficient (Wildman–Crippen LogP) is -0.317. The largest absolute Gasteiger partial charge is 0.497 e. The van der Waals surface area contributed by atoms with Crippen LogP contribution in [0.5, 0.6) is 5.75 Å². The van der Waals surface area contributed by atoms with Gasteiger partial charge in [-0.1, -0.05) is 11.6 Å². The average Bonchev–Trinajstić information content (AvgIpc) is 2.12. The molecule has 1 aromatic rings. The van der Waals surface area contributed by atoms with Crippen LogP contribution in [-0.4, -0.2) is 24.2 Å². The third kappa shape index (κ3) is 1.78. The zero-order valence-electron chi connectivity index (χ0n) is 12.1. The average molecular weight is 172 g/mol. The first kappa shape index (κ1) is 3.81. The normalized spacial score (nSPS) is 19.2. The fraction of sp³-hybridized carbons (Fsp3) is 0.250. The van der Waals surface area contributed by atoms with Gasteiger partial charge in [-0.25, -0.2) is 0 Å². The molecule has 0 aromatic heterocycles. The van der Waals surface area contributed by atoms with Gasteiger partial charge in [0.15, 0.2) is 0 Å². The van der Waals surface area contributed by atoms with E-state index in [1.54, 1.807) is 0 Å². The van der Waals surface area contributed by atoms with Gasteiger partial charge >= 0.3 is 7.12 Å². The molecule has 0 aliphatic carbocycles. The summed E-state index contributed by atoms with van der Waals surface area (Å²) in [5, 5.41) is 18.2. The van der Waals surface area contributed by atoms with Crippen LogP contribution in [0, 0.1) is 6.85 Å². The van der Waals surface area contributed by atoms with Crippen LogP contribution in [0.4, 0.5) is 0 Å². The highest BCUT2D eigenvalue weighted by Gasteiger charge is 2.14. The van der Waals surface area contributed by atoms with Gasteiger partial charge in [-0.3, -0.25) is 0 Å². The maximum Gasteiger partial charge on any atom is 0.488 e. The van der Waals surface area contributed by atoms with Crippen molar-refractivity contribution < 1.29 is 23.0 Å². The number of rotatable bonds is 2. The predicted molar refractivity (Wildman–Crippen MR) is 47.6 cm³/mol. The summed E-state index contributed by atoms with van der Waals surface area (Å²) in [7, 11) is -4.72. The van der Waals surface area contributed by atoms with Crippen molar-refractivity contribution in [3.63, 3.8) is 0 Å². The molecule has 12 heavy (non-hydrogen) atoms. The molecule has 0 bridgehead atoms. The zero-order valence-corrected chi connectivity index (χ0v) is 6.11. The molecule has 1 aromatic carbocycles. The van der Waals surface area contributed by atoms with Crippen molar-refractivity contribution in [1.82, 2.24) is 0 Å². The molecule has 1 rings (SSSR count). The Morgan fingerprint density at radius 2 is 2.33 bits per heavy atom. The van der Waals surface area contributed by atoms with Crippen molar-refractivity contribution >= 4 is 12.6 Å². The summed E-state index contributed by atoms with van der Waals surface area (Å²) >= 11 is 0. The lowest BCUT2D eigenvalue weighted by atomic mass is 9.77. The lowest BCUT2D eigenvalue weighted by Gasteiger charge is -2.06. The van der Waals surface area contributed by atoms with Gasteiger partial charge in [0.05, 0.1) is 11.2 Å². The van der Waals surface area contributed by atoms with Crippen LogP contribution in [-0.2, 0) is 0 Å². The van der Waals surface area contributed by atoms with E-state index in [9.17, 15) is 0 Å². The smallest absolute Gasteiger partial charge is 0.488 e. The summed E-state index contributed by atoms with van der Waals surface area (Å²) in [6.45, 7) is -2.53. The lowest BCUT2D eigenvalue weighted by Crippen LogP contribution is -2.31. The molecule has 0 saturated heterocycles. The van der Waals surface area contributed by atoms with E-state index in [1.807, 2.05) is 0 Å². The van der Waals surface area contributed by atoms with Crippen LogP contribution in [0.2, 0.25) is 0 Å². The first-order valence-electron chi connectivity index (χ1n) is 6.20. The Balaban J connectivity index is 3.20. The van der Waals surface area contributed by atoms with Crippen LogP contribution in [0.25, 0.3) is 0 Å². The van der Waals surface area contributed by atoms with Crippen molar-refractivity contribution in [1.29, 1.82) is 0 Å². The Labute approximate surface area is 80.2 Å². The molecule has 0 unspecified atom stereocenters. The van der Waals surface area contributed by atoms with Gasteiger partial charge in [-0.15, -0.1) is 0 Å². The summed E-state index contributed by atoms with van der Waals surface area (Å²) in [6, 6.07) is 3.22. The van der Waals surface area contributed by atoms with E-state index in [-0.39, 0.29) is 16.8 Å². The first-order valence-corrected chi connectivity index (χ1v) is 3.20. The second-order valence-electron chi connectivity index (χ2n) is 2.22. The number of aryl methyl sites for hydroxylation is 1. The fourth-order valence-electron chi connectivity index (χ4n) is 0.818. The van der Waals surface area contributed by atoms with Crippen molar-refractivity contribution in [2.75, 3.05) is 7.04 Å². The third-order valence-corrected chi connectivity index (χ3v) is 1.42. The van der Waals surface area contributed by atoms with E-state index in [0.29, 0.717) is 0 Å². The summed E-state index contributed by atoms with van der Waals surface area (Å²) in [6.07, 6.45) is 0. The Hall–Kier alpha value is -0.995. The van der Waals surface area contributed by atoms with Crippen LogP contribution in [0.15, 0.2) is 18.2 Å². The number of benzene rings is 1. The molecule has 3 nitrogen and oxygen atoms in total. The minimum Gasteiger partial charge on any atom is -0.497 e. The molecule has 0 atom stereocenters. The molecular formula is C8H11BO3. The van der Waals surface area contributed by atoms with E-state index in [0.717, 1.165) is 18.2 Å². The van der Waals surface area contributed by atoms with Crippen molar-refractivity contribution in [2.24, 2.45) is 0 Å². The molecule has 4 heteroatoms. The van der Waals surface area contributed by atoms with Gasteiger partial charge in [0.25, 0.3) is 0 Å². The van der Waals surface area contributed by atoms with Crippen LogP contribution in [0.3, 0.4) is 0 Å². The Morgan fingerprint density at radius 1 is 1.50 bits per heavy atom. The van der Waals surface area contributed by atoms with Gasteiger partial charge in [-0.05, 0) is 24.4 Å². The molecular weight excluding hydrogens is 155 g/mol. The maximum absolute atomic E-state index is 9.10. The molecule has 0 heterocycles. The molecule has 0 aliphatic rings. The lowest BCUT2D eigenvalue weighted by molar-refractivity contribution is 0.412. The third-order valence-electron chi connectivity index (χ3n) is 1.42. The van der Waals surface area contributed by atoms with Crippen LogP contribution < -0.4 is 10.2 Å². The quantitative estimate of drug-likeness (QED) is 0.601. The summed E-state index contributed by atoms with van der Waals surface area (Å²) in [4.78, 5) is 0. The molecule has 0 amide bonds. The van der Waals surface area contributed by atoms with Gasteiger partial charge in [0.1, 0.15) is 5.75 Å². The molecule has 0 aliphatic heterocycles. The van der Waals surface area contributed by atoms with Gasteiger partial charge in [-0.2, -0.15) is 0 Å². The Kier molecular flexibility index (Phi) is 1.14. The second-order valence-corrected chi connectivity index (χ2v) is 2.22. The molecule has 2 N–H and O–H groups in total. The van der Waals surface area contributed by atoms with Crippen LogP contribution >= 0.6 is 0 Å². The van der Waals surface area contributed by atoms with E-state index < -0.39 is 21.0 Å². The number of hydrogen-bond donors (Lipinski definition) is 2.